The summed E-state index contributed by atoms with van der Waals surface area (Å²) in [6.07, 6.45) is -15.8. The number of aliphatic hydroxyl groups is 8. The molecule has 2 rings (SSSR count). The predicted molar refractivity (Wildman–Crippen MR) is 69.7 cm³/mol. The van der Waals surface area contributed by atoms with Gasteiger partial charge in [-0.2, -0.15) is 0 Å². The Morgan fingerprint density at radius 1 is 0.625 bits per heavy atom. The molecule has 12 heteroatoms. The molecule has 10 atom stereocenters. The number of aliphatic hydroxyl groups excluding tert-OH is 8. The second-order valence-corrected chi connectivity index (χ2v) is 5.58. The highest BCUT2D eigenvalue weighted by Crippen LogP contribution is 2.26. The maximum Gasteiger partial charge on any atom is 0.220 e. The van der Waals surface area contributed by atoms with Gasteiger partial charge in [-0.1, -0.05) is 0 Å². The van der Waals surface area contributed by atoms with Gasteiger partial charge in [-0.05, 0) is 0 Å². The predicted octanol–water partition coefficient (Wildman–Crippen LogP) is -5.47. The Balaban J connectivity index is 1.96. The van der Waals surface area contributed by atoms with Crippen LogP contribution in [0.15, 0.2) is 0 Å². The number of ether oxygens (including phenoxy) is 2. The summed E-state index contributed by atoms with van der Waals surface area (Å²) in [6.45, 7) is -1.34. The Bertz CT molecular complexity index is 394. The molecule has 24 heavy (non-hydrogen) atoms. The summed E-state index contributed by atoms with van der Waals surface area (Å²) in [5, 5.41) is 76.2. The largest absolute Gasteiger partial charge is 0.394 e. The molecule has 2 aliphatic heterocycles. The van der Waals surface area contributed by atoms with Gasteiger partial charge in [0.05, 0.1) is 13.2 Å². The summed E-state index contributed by atoms with van der Waals surface area (Å²) in [5.74, 6) is 0. The van der Waals surface area contributed by atoms with Gasteiger partial charge in [-0.15, -0.1) is 0 Å². The average Bonchev–Trinajstić information content (AvgIpc) is 2.57. The zero-order valence-electron chi connectivity index (χ0n) is 12.4. The zero-order chi connectivity index (χ0) is 18.0. The lowest BCUT2D eigenvalue weighted by molar-refractivity contribution is -0.469. The van der Waals surface area contributed by atoms with Crippen LogP contribution in [0.2, 0.25) is 0 Å². The van der Waals surface area contributed by atoms with E-state index < -0.39 is 74.6 Å². The maximum atomic E-state index is 9.86. The fourth-order valence-electron chi connectivity index (χ4n) is 2.44. The molecule has 0 spiro atoms. The van der Waals surface area contributed by atoms with Gasteiger partial charge in [0.15, 0.2) is 12.4 Å². The molecule has 2 saturated heterocycles. The van der Waals surface area contributed by atoms with Crippen LogP contribution >= 0.6 is 0 Å². The average molecular weight is 358 g/mol. The molecule has 142 valence electrons. The molecular formula is C12H22O12. The summed E-state index contributed by atoms with van der Waals surface area (Å²) < 4.78 is 9.83. The SMILES string of the molecule is OC[C@H]1O[C@@H](OO[C@H]2[C@@H](O)[C@H](O)[C@@H](CO)O[C@H]2O)[C@@H](O)[C@@H](O)[C@@H]1O. The Hall–Kier alpha value is -0.480. The second kappa shape index (κ2) is 8.27. The molecule has 0 amide bonds. The normalized spacial score (nSPS) is 50.0. The fourth-order valence-corrected chi connectivity index (χ4v) is 2.44. The zero-order valence-corrected chi connectivity index (χ0v) is 12.4. The van der Waals surface area contributed by atoms with Crippen LogP contribution in [0.3, 0.4) is 0 Å². The lowest BCUT2D eigenvalue weighted by Crippen LogP contribution is -2.61. The summed E-state index contributed by atoms with van der Waals surface area (Å²) in [4.78, 5) is 9.45. The highest BCUT2D eigenvalue weighted by atomic mass is 17.2. The van der Waals surface area contributed by atoms with Crippen molar-refractivity contribution in [1.82, 2.24) is 0 Å². The standard InChI is InChI=1S/C12H22O12/c13-1-3-6(16)8(18)10(11(20)21-3)23-24-12-9(19)7(17)5(15)4(2-14)22-12/h3-20H,1-2H2/t3-,4-,5-,6-,7+,8+,9+,10+,11-,12+/m1/s1. The molecule has 0 aromatic heterocycles. The van der Waals surface area contributed by atoms with E-state index in [9.17, 15) is 30.6 Å². The van der Waals surface area contributed by atoms with E-state index in [2.05, 4.69) is 0 Å². The van der Waals surface area contributed by atoms with Crippen LogP contribution in [0.5, 0.6) is 0 Å². The van der Waals surface area contributed by atoms with Gasteiger partial charge in [-0.25, -0.2) is 9.78 Å². The van der Waals surface area contributed by atoms with Gasteiger partial charge in [0.1, 0.15) is 42.7 Å². The maximum absolute atomic E-state index is 9.86. The van der Waals surface area contributed by atoms with Gasteiger partial charge in [0, 0.05) is 0 Å². The molecule has 2 aliphatic rings. The molecular weight excluding hydrogens is 336 g/mol. The van der Waals surface area contributed by atoms with E-state index in [4.69, 9.17) is 29.5 Å². The van der Waals surface area contributed by atoms with Gasteiger partial charge in [-0.3, -0.25) is 0 Å². The Morgan fingerprint density at radius 3 is 1.75 bits per heavy atom. The minimum Gasteiger partial charge on any atom is -0.394 e. The molecule has 0 aromatic rings. The smallest absolute Gasteiger partial charge is 0.220 e. The van der Waals surface area contributed by atoms with Crippen LogP contribution in [-0.2, 0) is 19.2 Å². The molecule has 0 aromatic carbocycles. The second-order valence-electron chi connectivity index (χ2n) is 5.58. The van der Waals surface area contributed by atoms with Crippen LogP contribution in [0.25, 0.3) is 0 Å². The highest BCUT2D eigenvalue weighted by molar-refractivity contribution is 4.90. The van der Waals surface area contributed by atoms with Crippen molar-refractivity contribution < 1.29 is 60.1 Å². The first-order valence-corrected chi connectivity index (χ1v) is 7.25. The number of hydrogen-bond acceptors (Lipinski definition) is 12. The first-order chi connectivity index (χ1) is 11.3. The van der Waals surface area contributed by atoms with Crippen molar-refractivity contribution in [2.45, 2.75) is 61.4 Å². The Labute approximate surface area is 135 Å². The van der Waals surface area contributed by atoms with Crippen molar-refractivity contribution in [2.75, 3.05) is 13.2 Å². The van der Waals surface area contributed by atoms with Crippen LogP contribution < -0.4 is 0 Å². The third-order valence-corrected chi connectivity index (χ3v) is 3.95. The third-order valence-electron chi connectivity index (χ3n) is 3.95. The van der Waals surface area contributed by atoms with Crippen molar-refractivity contribution in [1.29, 1.82) is 0 Å². The fraction of sp³-hybridized carbons (Fsp3) is 1.00. The van der Waals surface area contributed by atoms with Gasteiger partial charge < -0.3 is 50.3 Å². The van der Waals surface area contributed by atoms with Crippen LogP contribution in [-0.4, -0.2) is 115 Å². The van der Waals surface area contributed by atoms with Crippen molar-refractivity contribution in [2.24, 2.45) is 0 Å². The van der Waals surface area contributed by atoms with Crippen molar-refractivity contribution >= 4 is 0 Å². The summed E-state index contributed by atoms with van der Waals surface area (Å²) in [7, 11) is 0. The van der Waals surface area contributed by atoms with E-state index in [1.807, 2.05) is 0 Å². The highest BCUT2D eigenvalue weighted by Gasteiger charge is 2.48. The minimum atomic E-state index is -1.77. The van der Waals surface area contributed by atoms with Gasteiger partial charge >= 0.3 is 0 Å². The first kappa shape index (κ1) is 19.8. The lowest BCUT2D eigenvalue weighted by atomic mass is 9.99. The van der Waals surface area contributed by atoms with Crippen LogP contribution in [0.1, 0.15) is 0 Å². The molecule has 0 bridgehead atoms. The molecule has 0 saturated carbocycles. The van der Waals surface area contributed by atoms with E-state index >= 15 is 0 Å². The molecule has 2 heterocycles. The van der Waals surface area contributed by atoms with E-state index in [1.165, 1.54) is 0 Å². The van der Waals surface area contributed by atoms with Crippen molar-refractivity contribution in [3.8, 4) is 0 Å². The molecule has 0 aliphatic carbocycles. The molecule has 2 fully saturated rings. The van der Waals surface area contributed by atoms with E-state index in [1.54, 1.807) is 0 Å². The monoisotopic (exact) mass is 358 g/mol. The van der Waals surface area contributed by atoms with Crippen LogP contribution in [0, 0.1) is 0 Å². The number of hydrogen-bond donors (Lipinski definition) is 8. The van der Waals surface area contributed by atoms with E-state index in [-0.39, 0.29) is 0 Å². The number of rotatable bonds is 5. The van der Waals surface area contributed by atoms with E-state index in [0.29, 0.717) is 0 Å². The molecule has 12 nitrogen and oxygen atoms in total. The molecule has 8 N–H and O–H groups in total. The minimum absolute atomic E-state index is 0.657. The molecule has 0 unspecified atom stereocenters. The summed E-state index contributed by atoms with van der Waals surface area (Å²) in [6, 6.07) is 0. The van der Waals surface area contributed by atoms with Crippen LogP contribution in [0.4, 0.5) is 0 Å². The molecule has 0 radical (unpaired) electrons. The van der Waals surface area contributed by atoms with Gasteiger partial charge in [0.25, 0.3) is 0 Å². The Morgan fingerprint density at radius 2 is 1.17 bits per heavy atom. The van der Waals surface area contributed by atoms with E-state index in [0.717, 1.165) is 0 Å². The first-order valence-electron chi connectivity index (χ1n) is 7.25. The summed E-state index contributed by atoms with van der Waals surface area (Å²) >= 11 is 0. The van der Waals surface area contributed by atoms with Gasteiger partial charge in [0.2, 0.25) is 6.29 Å². The lowest BCUT2D eigenvalue weighted by Gasteiger charge is -2.41. The van der Waals surface area contributed by atoms with Crippen molar-refractivity contribution in [3.63, 3.8) is 0 Å². The van der Waals surface area contributed by atoms with Crippen molar-refractivity contribution in [3.05, 3.63) is 0 Å². The summed E-state index contributed by atoms with van der Waals surface area (Å²) in [5.41, 5.74) is 0. The third kappa shape index (κ3) is 3.85. The topological polar surface area (TPSA) is 199 Å². The quantitative estimate of drug-likeness (QED) is 0.172. The Kier molecular flexibility index (Phi) is 6.83.